The van der Waals surface area contributed by atoms with Gasteiger partial charge in [-0.15, -0.1) is 0 Å². The zero-order valence-electron chi connectivity index (χ0n) is 45.4. The molecular weight excluding hydrogens is 1060 g/mol. The largest absolute Gasteiger partial charge is 0.494 e. The average Bonchev–Trinajstić information content (AvgIpc) is 3.13. The first-order valence-corrected chi connectivity index (χ1v) is 27.0. The lowest BCUT2D eigenvalue weighted by atomic mass is 9.92. The molecule has 0 bridgehead atoms. The second kappa shape index (κ2) is 26.6. The number of fused-ring (bicyclic) bond motifs is 4. The van der Waals surface area contributed by atoms with Crippen LogP contribution >= 0.6 is 0 Å². The lowest BCUT2D eigenvalue weighted by molar-refractivity contribution is -0.138. The predicted molar refractivity (Wildman–Crippen MR) is 319 cm³/mol. The molecule has 10 aromatic rings. The van der Waals surface area contributed by atoms with Gasteiger partial charge in [0.1, 0.15) is 34.5 Å². The van der Waals surface area contributed by atoms with Crippen molar-refractivity contribution in [1.82, 2.24) is 0 Å². The third kappa shape index (κ3) is 14.0. The highest BCUT2D eigenvalue weighted by Gasteiger charge is 2.21. The molecule has 0 unspecified atom stereocenters. The van der Waals surface area contributed by atoms with Crippen molar-refractivity contribution < 1.29 is 66.7 Å². The van der Waals surface area contributed by atoms with Crippen molar-refractivity contribution in [3.8, 4) is 45.6 Å². The fourth-order valence-corrected chi connectivity index (χ4v) is 9.27. The molecule has 0 aliphatic heterocycles. The van der Waals surface area contributed by atoms with E-state index in [9.17, 15) is 28.8 Å². The highest BCUT2D eigenvalue weighted by atomic mass is 16.6. The lowest BCUT2D eigenvalue weighted by Gasteiger charge is -2.17. The molecule has 84 heavy (non-hydrogen) atoms. The molecule has 0 saturated heterocycles. The molecule has 0 heterocycles. The zero-order chi connectivity index (χ0) is 58.4. The van der Waals surface area contributed by atoms with Gasteiger partial charge in [0.2, 0.25) is 0 Å². The molecule has 14 nitrogen and oxygen atoms in total. The van der Waals surface area contributed by atoms with Crippen LogP contribution < -0.4 is 28.4 Å². The number of carbonyl (C=O) groups is 6. The fourth-order valence-electron chi connectivity index (χ4n) is 9.27. The topological polar surface area (TPSA) is 176 Å². The summed E-state index contributed by atoms with van der Waals surface area (Å²) in [5, 5.41) is 6.57. The molecule has 14 heteroatoms. The third-order valence-corrected chi connectivity index (χ3v) is 13.5. The van der Waals surface area contributed by atoms with Gasteiger partial charge >= 0.3 is 35.8 Å². The Kier molecular flexibility index (Phi) is 17.9. The van der Waals surface area contributed by atoms with Crippen molar-refractivity contribution in [3.63, 3.8) is 0 Å². The number of hydrogen-bond acceptors (Lipinski definition) is 14. The Labute approximate surface area is 483 Å². The molecule has 0 N–H and O–H groups in total. The molecule has 10 aromatic carbocycles. The quantitative estimate of drug-likeness (QED) is 0.0256. The van der Waals surface area contributed by atoms with E-state index in [1.165, 1.54) is 48.5 Å². The van der Waals surface area contributed by atoms with Gasteiger partial charge in [-0.3, -0.25) is 0 Å². The van der Waals surface area contributed by atoms with Gasteiger partial charge in [0.25, 0.3) is 0 Å². The summed E-state index contributed by atoms with van der Waals surface area (Å²) < 4.78 is 45.4. The molecule has 0 aliphatic rings. The van der Waals surface area contributed by atoms with Gasteiger partial charge in [-0.1, -0.05) is 92.0 Å². The van der Waals surface area contributed by atoms with Crippen LogP contribution in [0.2, 0.25) is 0 Å². The number of benzene rings is 10. The van der Waals surface area contributed by atoms with Crippen LogP contribution in [-0.2, 0) is 19.1 Å². The summed E-state index contributed by atoms with van der Waals surface area (Å²) in [5.74, 6) is -1.12. The molecule has 0 aliphatic carbocycles. The Morgan fingerprint density at radius 2 is 0.726 bits per heavy atom. The molecule has 10 rings (SSSR count). The molecule has 0 saturated carbocycles. The van der Waals surface area contributed by atoms with Crippen LogP contribution in [0, 0.1) is 0 Å². The molecule has 0 radical (unpaired) electrons. The van der Waals surface area contributed by atoms with E-state index >= 15 is 0 Å². The van der Waals surface area contributed by atoms with Crippen molar-refractivity contribution in [2.24, 2.45) is 0 Å². The molecule has 0 spiro atoms. The maximum atomic E-state index is 14.0. The lowest BCUT2D eigenvalue weighted by Crippen LogP contribution is -2.11. The van der Waals surface area contributed by atoms with Gasteiger partial charge < -0.3 is 37.9 Å². The Hall–Kier alpha value is -10.9. The number of carbonyl (C=O) groups excluding carboxylic acids is 6. The van der Waals surface area contributed by atoms with Crippen LogP contribution in [0.1, 0.15) is 67.1 Å². The van der Waals surface area contributed by atoms with E-state index < -0.39 is 35.8 Å². The molecular formula is C70H54O14. The van der Waals surface area contributed by atoms with E-state index in [4.69, 9.17) is 37.9 Å². The third-order valence-electron chi connectivity index (χ3n) is 13.5. The van der Waals surface area contributed by atoms with Crippen molar-refractivity contribution in [2.45, 2.75) is 25.7 Å². The minimum atomic E-state index is -0.661. The molecule has 0 fully saturated rings. The average molecular weight is 1120 g/mol. The van der Waals surface area contributed by atoms with E-state index in [2.05, 4.69) is 13.2 Å². The summed E-state index contributed by atoms with van der Waals surface area (Å²) >= 11 is 0. The van der Waals surface area contributed by atoms with E-state index in [0.29, 0.717) is 85.9 Å². The number of hydrogen-bond donors (Lipinski definition) is 0. The first kappa shape index (κ1) is 56.4. The van der Waals surface area contributed by atoms with Crippen LogP contribution in [0.25, 0.3) is 54.2 Å². The second-order valence-electron chi connectivity index (χ2n) is 19.3. The van der Waals surface area contributed by atoms with E-state index in [1.54, 1.807) is 42.5 Å². The van der Waals surface area contributed by atoms with Crippen molar-refractivity contribution in [1.29, 1.82) is 0 Å². The first-order chi connectivity index (χ1) is 41.0. The molecule has 0 atom stereocenters. The van der Waals surface area contributed by atoms with Crippen LogP contribution in [0.3, 0.4) is 0 Å². The molecule has 0 amide bonds. The first-order valence-electron chi connectivity index (χ1n) is 27.0. The van der Waals surface area contributed by atoms with Crippen molar-refractivity contribution >= 4 is 78.9 Å². The van der Waals surface area contributed by atoms with Gasteiger partial charge in [-0.25, -0.2) is 28.8 Å². The maximum Gasteiger partial charge on any atom is 0.343 e. The minimum absolute atomic E-state index is 0.202. The smallest absolute Gasteiger partial charge is 0.343 e. The van der Waals surface area contributed by atoms with Crippen molar-refractivity contribution in [3.05, 3.63) is 242 Å². The Morgan fingerprint density at radius 1 is 0.333 bits per heavy atom. The zero-order valence-corrected chi connectivity index (χ0v) is 45.4. The Bertz CT molecular complexity index is 4150. The Balaban J connectivity index is 0.784. The standard InChI is InChI=1S/C70H54O14/c1-3-64(71)79-37-11-9-35-77-57-32-25-48-39-53(19-17-50(48)41-57)69(75)81-55-28-21-46(22-29-55)67(73)83-59-43-52-14-6-7-15-60(52)62(44-59)66-61-16-8-5-13-45(61)27-34-63(66)84-68(74)47-23-30-56(31-24-47)82-70(76)54-20-18-51-42-58(33-26-49(51)40-54)78-36-10-12-38-80-65(72)4-2/h3-8,13-34,39-44H,1-2,9-12,35-38H2. The highest BCUT2D eigenvalue weighted by Crippen LogP contribution is 2.43. The molecule has 0 aromatic heterocycles. The molecule has 418 valence electrons. The summed E-state index contributed by atoms with van der Waals surface area (Å²) in [4.78, 5) is 76.9. The normalized spacial score (nSPS) is 10.9. The van der Waals surface area contributed by atoms with Gasteiger partial charge in [0.15, 0.2) is 0 Å². The summed E-state index contributed by atoms with van der Waals surface area (Å²) in [5.41, 5.74) is 2.30. The highest BCUT2D eigenvalue weighted by molar-refractivity contribution is 6.09. The van der Waals surface area contributed by atoms with Gasteiger partial charge in [-0.05, 0) is 190 Å². The predicted octanol–water partition coefficient (Wildman–Crippen LogP) is 14.6. The number of rotatable bonds is 23. The van der Waals surface area contributed by atoms with Gasteiger partial charge in [0.05, 0.1) is 48.7 Å². The summed E-state index contributed by atoms with van der Waals surface area (Å²) in [6.45, 7) is 8.24. The number of ether oxygens (including phenoxy) is 8. The summed E-state index contributed by atoms with van der Waals surface area (Å²) in [6, 6.07) is 56.1. The Morgan fingerprint density at radius 3 is 1.26 bits per heavy atom. The number of unbranched alkanes of at least 4 members (excludes halogenated alkanes) is 2. The fraction of sp³-hybridized carbons (Fsp3) is 0.114. The van der Waals surface area contributed by atoms with Crippen LogP contribution in [0.15, 0.2) is 219 Å². The summed E-state index contributed by atoms with van der Waals surface area (Å²) in [7, 11) is 0. The van der Waals surface area contributed by atoms with E-state index in [-0.39, 0.29) is 34.1 Å². The number of esters is 6. The maximum absolute atomic E-state index is 14.0. The SMILES string of the molecule is C=CC(=O)OCCCCOc1ccc2cc(C(=O)Oc3ccc(C(=O)Oc4cc(-c5c(OC(=O)c6ccc(OC(=O)c7ccc8cc(OCCCCOC(=O)C=C)ccc8c7)cc6)ccc6ccccc56)c5ccccc5c4)cc3)ccc2c1. The van der Waals surface area contributed by atoms with E-state index in [1.807, 2.05) is 103 Å². The monoisotopic (exact) mass is 1120 g/mol. The van der Waals surface area contributed by atoms with Crippen molar-refractivity contribution in [2.75, 3.05) is 26.4 Å². The van der Waals surface area contributed by atoms with Crippen LogP contribution in [0.4, 0.5) is 0 Å². The van der Waals surface area contributed by atoms with Crippen LogP contribution in [-0.4, -0.2) is 62.2 Å². The summed E-state index contributed by atoms with van der Waals surface area (Å²) in [6.07, 6.45) is 4.96. The van der Waals surface area contributed by atoms with Crippen LogP contribution in [0.5, 0.6) is 34.5 Å². The minimum Gasteiger partial charge on any atom is -0.494 e. The van der Waals surface area contributed by atoms with Gasteiger partial charge in [-0.2, -0.15) is 0 Å². The van der Waals surface area contributed by atoms with E-state index in [0.717, 1.165) is 55.2 Å². The van der Waals surface area contributed by atoms with Gasteiger partial charge in [0, 0.05) is 17.7 Å². The second-order valence-corrected chi connectivity index (χ2v) is 19.3.